The smallest absolute Gasteiger partial charge is 0.255 e. The van der Waals surface area contributed by atoms with Crippen LogP contribution in [0.5, 0.6) is 0 Å². The van der Waals surface area contributed by atoms with E-state index in [0.717, 1.165) is 16.8 Å². The molecule has 18 heavy (non-hydrogen) atoms. The van der Waals surface area contributed by atoms with Crippen molar-refractivity contribution in [3.8, 4) is 0 Å². The number of aliphatic hydroxyl groups excluding tert-OH is 1. The molecule has 0 bridgehead atoms. The minimum absolute atomic E-state index is 0.00606. The van der Waals surface area contributed by atoms with E-state index in [2.05, 4.69) is 5.32 Å². The van der Waals surface area contributed by atoms with Gasteiger partial charge in [-0.05, 0) is 36.8 Å². The number of amides is 1. The highest BCUT2D eigenvalue weighted by atomic mass is 16.3. The van der Waals surface area contributed by atoms with Crippen molar-refractivity contribution in [3.63, 3.8) is 0 Å². The van der Waals surface area contributed by atoms with Gasteiger partial charge in [0, 0.05) is 11.3 Å². The van der Waals surface area contributed by atoms with Gasteiger partial charge >= 0.3 is 0 Å². The summed E-state index contributed by atoms with van der Waals surface area (Å²) < 4.78 is 0. The topological polar surface area (TPSA) is 49.3 Å². The highest BCUT2D eigenvalue weighted by Crippen LogP contribution is 2.12. The predicted molar refractivity (Wildman–Crippen MR) is 71.5 cm³/mol. The van der Waals surface area contributed by atoms with Crippen molar-refractivity contribution < 1.29 is 9.90 Å². The number of benzene rings is 2. The van der Waals surface area contributed by atoms with Gasteiger partial charge in [0.15, 0.2) is 0 Å². The lowest BCUT2D eigenvalue weighted by Gasteiger charge is -2.06. The van der Waals surface area contributed by atoms with Crippen LogP contribution in [-0.2, 0) is 6.61 Å². The molecular formula is C15H15NO2. The van der Waals surface area contributed by atoms with E-state index < -0.39 is 0 Å². The molecule has 0 aliphatic rings. The largest absolute Gasteiger partial charge is 0.392 e. The second kappa shape index (κ2) is 5.47. The van der Waals surface area contributed by atoms with Crippen LogP contribution in [0.3, 0.4) is 0 Å². The van der Waals surface area contributed by atoms with Gasteiger partial charge in [0.05, 0.1) is 6.61 Å². The van der Waals surface area contributed by atoms with E-state index >= 15 is 0 Å². The maximum Gasteiger partial charge on any atom is 0.255 e. The third kappa shape index (κ3) is 2.96. The summed E-state index contributed by atoms with van der Waals surface area (Å²) in [5, 5.41) is 11.7. The number of anilines is 1. The molecule has 2 N–H and O–H groups in total. The van der Waals surface area contributed by atoms with Crippen molar-refractivity contribution in [2.45, 2.75) is 13.5 Å². The number of rotatable bonds is 3. The predicted octanol–water partition coefficient (Wildman–Crippen LogP) is 2.74. The fourth-order valence-corrected chi connectivity index (χ4v) is 1.68. The summed E-state index contributed by atoms with van der Waals surface area (Å²) in [5.41, 5.74) is 3.24. The highest BCUT2D eigenvalue weighted by molar-refractivity contribution is 6.04. The molecule has 3 heteroatoms. The molecule has 1 amide bonds. The van der Waals surface area contributed by atoms with Crippen LogP contribution in [-0.4, -0.2) is 11.0 Å². The number of carbonyl (C=O) groups excluding carboxylic acids is 1. The zero-order valence-electron chi connectivity index (χ0n) is 10.2. The molecule has 0 aliphatic carbocycles. The fourth-order valence-electron chi connectivity index (χ4n) is 1.68. The maximum absolute atomic E-state index is 12.0. The first-order chi connectivity index (χ1) is 8.69. The van der Waals surface area contributed by atoms with Crippen LogP contribution in [0.1, 0.15) is 21.5 Å². The summed E-state index contributed by atoms with van der Waals surface area (Å²) in [5.74, 6) is -0.129. The van der Waals surface area contributed by atoms with Gasteiger partial charge < -0.3 is 10.4 Å². The SMILES string of the molecule is Cc1cccc(C(=O)Nc2ccc(CO)cc2)c1. The molecule has 92 valence electrons. The number of hydrogen-bond donors (Lipinski definition) is 2. The molecule has 3 nitrogen and oxygen atoms in total. The van der Waals surface area contributed by atoms with Gasteiger partial charge in [-0.3, -0.25) is 4.79 Å². The minimum Gasteiger partial charge on any atom is -0.392 e. The zero-order valence-corrected chi connectivity index (χ0v) is 10.2. The number of aliphatic hydroxyl groups is 1. The summed E-state index contributed by atoms with van der Waals surface area (Å²) in [6.45, 7) is 1.96. The summed E-state index contributed by atoms with van der Waals surface area (Å²) >= 11 is 0. The van der Waals surface area contributed by atoms with Gasteiger partial charge in [-0.15, -0.1) is 0 Å². The van der Waals surface area contributed by atoms with Crippen molar-refractivity contribution in [3.05, 3.63) is 65.2 Å². The van der Waals surface area contributed by atoms with Gasteiger partial charge in [-0.1, -0.05) is 29.8 Å². The van der Waals surface area contributed by atoms with Crippen molar-refractivity contribution in [1.29, 1.82) is 0 Å². The van der Waals surface area contributed by atoms with Crippen LogP contribution in [0, 0.1) is 6.92 Å². The van der Waals surface area contributed by atoms with Crippen LogP contribution in [0.15, 0.2) is 48.5 Å². The van der Waals surface area contributed by atoms with Crippen LogP contribution in [0.25, 0.3) is 0 Å². The van der Waals surface area contributed by atoms with Gasteiger partial charge in [-0.25, -0.2) is 0 Å². The van der Waals surface area contributed by atoms with E-state index in [9.17, 15) is 4.79 Å². The van der Waals surface area contributed by atoms with E-state index in [1.165, 1.54) is 0 Å². The Morgan fingerprint density at radius 3 is 2.50 bits per heavy atom. The molecule has 0 fully saturated rings. The van der Waals surface area contributed by atoms with Crippen molar-refractivity contribution in [2.75, 3.05) is 5.32 Å². The third-order valence-electron chi connectivity index (χ3n) is 2.67. The van der Waals surface area contributed by atoms with E-state index in [-0.39, 0.29) is 12.5 Å². The average molecular weight is 241 g/mol. The van der Waals surface area contributed by atoms with E-state index in [1.807, 2.05) is 25.1 Å². The first-order valence-corrected chi connectivity index (χ1v) is 5.77. The van der Waals surface area contributed by atoms with Gasteiger partial charge in [0.25, 0.3) is 5.91 Å². The molecule has 0 atom stereocenters. The molecule has 0 radical (unpaired) electrons. The lowest BCUT2D eigenvalue weighted by Crippen LogP contribution is -2.11. The second-order valence-corrected chi connectivity index (χ2v) is 4.18. The first-order valence-electron chi connectivity index (χ1n) is 5.77. The van der Waals surface area contributed by atoms with Crippen molar-refractivity contribution >= 4 is 11.6 Å². The number of nitrogens with one attached hydrogen (secondary N) is 1. The van der Waals surface area contributed by atoms with Gasteiger partial charge in [0.2, 0.25) is 0 Å². The third-order valence-corrected chi connectivity index (χ3v) is 2.67. The lowest BCUT2D eigenvalue weighted by atomic mass is 10.1. The van der Waals surface area contributed by atoms with E-state index in [0.29, 0.717) is 5.56 Å². The Labute approximate surface area is 106 Å². The van der Waals surface area contributed by atoms with Crippen LogP contribution >= 0.6 is 0 Å². The molecule has 2 aromatic carbocycles. The number of aryl methyl sites for hydroxylation is 1. The molecule has 0 spiro atoms. The molecule has 2 aromatic rings. The molecule has 2 rings (SSSR count). The first kappa shape index (κ1) is 12.3. The standard InChI is InChI=1S/C15H15NO2/c1-11-3-2-4-13(9-11)15(18)16-14-7-5-12(10-17)6-8-14/h2-9,17H,10H2,1H3,(H,16,18). The molecule has 0 saturated carbocycles. The summed E-state index contributed by atoms with van der Waals surface area (Å²) in [4.78, 5) is 12.0. The summed E-state index contributed by atoms with van der Waals surface area (Å²) in [6, 6.07) is 14.6. The second-order valence-electron chi connectivity index (χ2n) is 4.18. The Kier molecular flexibility index (Phi) is 3.75. The molecule has 0 saturated heterocycles. The van der Waals surface area contributed by atoms with Crippen molar-refractivity contribution in [1.82, 2.24) is 0 Å². The Morgan fingerprint density at radius 1 is 1.17 bits per heavy atom. The molecule has 0 unspecified atom stereocenters. The number of carbonyl (C=O) groups is 1. The molecule has 0 aromatic heterocycles. The highest BCUT2D eigenvalue weighted by Gasteiger charge is 2.05. The summed E-state index contributed by atoms with van der Waals surface area (Å²) in [7, 11) is 0. The summed E-state index contributed by atoms with van der Waals surface area (Å²) in [6.07, 6.45) is 0. The fraction of sp³-hybridized carbons (Fsp3) is 0.133. The molecule has 0 aliphatic heterocycles. The maximum atomic E-state index is 12.0. The quantitative estimate of drug-likeness (QED) is 0.868. The van der Waals surface area contributed by atoms with Crippen LogP contribution in [0.2, 0.25) is 0 Å². The van der Waals surface area contributed by atoms with Crippen molar-refractivity contribution in [2.24, 2.45) is 0 Å². The normalized spacial score (nSPS) is 10.1. The van der Waals surface area contributed by atoms with Gasteiger partial charge in [0.1, 0.15) is 0 Å². The average Bonchev–Trinajstić information content (AvgIpc) is 2.39. The Morgan fingerprint density at radius 2 is 1.89 bits per heavy atom. The number of hydrogen-bond acceptors (Lipinski definition) is 2. The lowest BCUT2D eigenvalue weighted by molar-refractivity contribution is 0.102. The van der Waals surface area contributed by atoms with E-state index in [1.54, 1.807) is 30.3 Å². The molecule has 0 heterocycles. The van der Waals surface area contributed by atoms with Crippen LogP contribution in [0.4, 0.5) is 5.69 Å². The molecular weight excluding hydrogens is 226 g/mol. The monoisotopic (exact) mass is 241 g/mol. The Balaban J connectivity index is 2.11. The van der Waals surface area contributed by atoms with Crippen LogP contribution < -0.4 is 5.32 Å². The Hall–Kier alpha value is -2.13. The minimum atomic E-state index is -0.129. The zero-order chi connectivity index (χ0) is 13.0. The van der Waals surface area contributed by atoms with E-state index in [4.69, 9.17) is 5.11 Å². The Bertz CT molecular complexity index is 547. The van der Waals surface area contributed by atoms with Gasteiger partial charge in [-0.2, -0.15) is 0 Å².